The molecule has 2 aliphatic rings. The molecule has 3 unspecified atom stereocenters. The molecule has 2 aliphatic heterocycles. The second-order valence-corrected chi connectivity index (χ2v) is 4.67. The predicted molar refractivity (Wildman–Crippen MR) is 75.3 cm³/mol. The summed E-state index contributed by atoms with van der Waals surface area (Å²) in [5.41, 5.74) is 4.46. The number of fused-ring (bicyclic) bond motifs is 2. The Labute approximate surface area is 123 Å². The average molecular weight is 316 g/mol. The van der Waals surface area contributed by atoms with Crippen LogP contribution in [-0.2, 0) is 0 Å². The Balaban J connectivity index is 0.000000963. The Kier molecular flexibility index (Phi) is 7.36. The zero-order chi connectivity index (χ0) is 10.3. The van der Waals surface area contributed by atoms with Crippen LogP contribution < -0.4 is 5.43 Å². The van der Waals surface area contributed by atoms with E-state index in [9.17, 15) is 0 Å². The zero-order valence-electron chi connectivity index (χ0n) is 9.67. The molecule has 3 rings (SSSR count). The van der Waals surface area contributed by atoms with Crippen LogP contribution in [0.2, 0.25) is 5.15 Å². The van der Waals surface area contributed by atoms with Crippen LogP contribution in [-0.4, -0.2) is 33.5 Å². The van der Waals surface area contributed by atoms with Gasteiger partial charge in [-0.05, 0) is 18.8 Å². The van der Waals surface area contributed by atoms with Crippen molar-refractivity contribution in [3.8, 4) is 0 Å². The summed E-state index contributed by atoms with van der Waals surface area (Å²) in [6.45, 7) is 2.33. The van der Waals surface area contributed by atoms with E-state index >= 15 is 0 Å². The van der Waals surface area contributed by atoms with Crippen LogP contribution in [0.1, 0.15) is 24.6 Å². The Morgan fingerprint density at radius 2 is 2.06 bits per heavy atom. The van der Waals surface area contributed by atoms with Crippen molar-refractivity contribution >= 4 is 36.4 Å². The highest BCUT2D eigenvalue weighted by Crippen LogP contribution is 2.31. The molecule has 0 aromatic carbocycles. The molecule has 1 aromatic heterocycles. The lowest BCUT2D eigenvalue weighted by Gasteiger charge is -2.30. The van der Waals surface area contributed by atoms with E-state index in [0.717, 1.165) is 24.6 Å². The molecule has 2 bridgehead atoms. The topological polar surface area (TPSA) is 72.6 Å². The van der Waals surface area contributed by atoms with Crippen LogP contribution in [0.3, 0.4) is 0 Å². The van der Waals surface area contributed by atoms with Gasteiger partial charge in [0.05, 0.1) is 24.1 Å². The number of nitrogens with zero attached hydrogens (tertiary/aromatic N) is 3. The first-order chi connectivity index (χ1) is 7.31. The van der Waals surface area contributed by atoms with Gasteiger partial charge in [-0.1, -0.05) is 11.6 Å². The Morgan fingerprint density at radius 1 is 1.28 bits per heavy atom. The lowest BCUT2D eigenvalue weighted by atomic mass is 9.97. The molecule has 2 saturated heterocycles. The van der Waals surface area contributed by atoms with Crippen molar-refractivity contribution in [3.63, 3.8) is 0 Å². The van der Waals surface area contributed by atoms with Gasteiger partial charge in [0.15, 0.2) is 0 Å². The molecule has 0 saturated carbocycles. The molecule has 0 amide bonds. The van der Waals surface area contributed by atoms with E-state index in [2.05, 4.69) is 20.4 Å². The van der Waals surface area contributed by atoms with Gasteiger partial charge < -0.3 is 5.48 Å². The van der Waals surface area contributed by atoms with Gasteiger partial charge in [0, 0.05) is 13.1 Å². The molecular weight excluding hydrogens is 298 g/mol. The molecule has 0 aliphatic carbocycles. The minimum atomic E-state index is 0. The maximum absolute atomic E-state index is 5.72. The Hall–Kier alpha value is -0.170. The molecule has 8 heteroatoms. The highest BCUT2D eigenvalue weighted by molar-refractivity contribution is 6.29. The molecule has 104 valence electrons. The van der Waals surface area contributed by atoms with Gasteiger partial charge in [-0.3, -0.25) is 4.98 Å². The van der Waals surface area contributed by atoms with Crippen LogP contribution in [0.4, 0.5) is 0 Å². The SMILES string of the molecule is Cl.Cl.Clc1cnc(C2CC3CCN(C3)N2)cn1.O. The highest BCUT2D eigenvalue weighted by atomic mass is 35.5. The number of nitrogens with one attached hydrogen (secondary N) is 1. The number of hydrogen-bond acceptors (Lipinski definition) is 4. The standard InChI is InChI=1S/C10H13ClN4.2ClH.H2O/c11-10-5-12-9(4-13-10)8-3-7-1-2-15(6-7)14-8;;;/h4-5,7-8,14H,1-3,6H2;2*1H;1H2. The Bertz CT molecular complexity index is 353. The van der Waals surface area contributed by atoms with E-state index in [0.29, 0.717) is 11.2 Å². The third-order valence-corrected chi connectivity index (χ3v) is 3.39. The molecule has 0 radical (unpaired) electrons. The van der Waals surface area contributed by atoms with Crippen LogP contribution in [0.25, 0.3) is 0 Å². The maximum Gasteiger partial charge on any atom is 0.147 e. The molecule has 2 fully saturated rings. The summed E-state index contributed by atoms with van der Waals surface area (Å²) < 4.78 is 0. The normalized spacial score (nSPS) is 28.6. The van der Waals surface area contributed by atoms with Gasteiger partial charge in [-0.2, -0.15) is 0 Å². The molecule has 1 aromatic rings. The van der Waals surface area contributed by atoms with Crippen molar-refractivity contribution in [2.75, 3.05) is 13.1 Å². The lowest BCUT2D eigenvalue weighted by Crippen LogP contribution is -2.43. The first-order valence-corrected chi connectivity index (χ1v) is 5.67. The van der Waals surface area contributed by atoms with Crippen molar-refractivity contribution in [1.29, 1.82) is 0 Å². The van der Waals surface area contributed by atoms with E-state index < -0.39 is 0 Å². The quantitative estimate of drug-likeness (QED) is 0.850. The van der Waals surface area contributed by atoms with E-state index in [1.165, 1.54) is 13.0 Å². The molecule has 5 nitrogen and oxygen atoms in total. The van der Waals surface area contributed by atoms with Gasteiger partial charge in [-0.25, -0.2) is 15.4 Å². The molecule has 0 spiro atoms. The molecule has 3 N–H and O–H groups in total. The van der Waals surface area contributed by atoms with Gasteiger partial charge in [0.1, 0.15) is 5.15 Å². The summed E-state index contributed by atoms with van der Waals surface area (Å²) in [5, 5.41) is 2.74. The fourth-order valence-corrected chi connectivity index (χ4v) is 2.54. The van der Waals surface area contributed by atoms with E-state index in [1.54, 1.807) is 12.4 Å². The summed E-state index contributed by atoms with van der Waals surface area (Å²) in [4.78, 5) is 8.38. The first-order valence-electron chi connectivity index (χ1n) is 5.30. The number of rotatable bonds is 1. The van der Waals surface area contributed by atoms with Crippen molar-refractivity contribution in [3.05, 3.63) is 23.2 Å². The van der Waals surface area contributed by atoms with Gasteiger partial charge in [0.25, 0.3) is 0 Å². The van der Waals surface area contributed by atoms with Gasteiger partial charge >= 0.3 is 0 Å². The lowest BCUT2D eigenvalue weighted by molar-refractivity contribution is 0.140. The maximum atomic E-state index is 5.72. The van der Waals surface area contributed by atoms with E-state index in [-0.39, 0.29) is 30.3 Å². The minimum absolute atomic E-state index is 0. The predicted octanol–water partition coefficient (Wildman–Crippen LogP) is 1.42. The van der Waals surface area contributed by atoms with Gasteiger partial charge in [0.2, 0.25) is 0 Å². The third-order valence-electron chi connectivity index (χ3n) is 3.19. The van der Waals surface area contributed by atoms with Crippen molar-refractivity contribution < 1.29 is 5.48 Å². The second-order valence-electron chi connectivity index (χ2n) is 4.28. The largest absolute Gasteiger partial charge is 0.412 e. The molecule has 3 heterocycles. The highest BCUT2D eigenvalue weighted by Gasteiger charge is 2.33. The minimum Gasteiger partial charge on any atom is -0.412 e. The van der Waals surface area contributed by atoms with Crippen molar-refractivity contribution in [2.45, 2.75) is 18.9 Å². The monoisotopic (exact) mass is 314 g/mol. The Morgan fingerprint density at radius 3 is 2.67 bits per heavy atom. The van der Waals surface area contributed by atoms with Crippen LogP contribution in [0.5, 0.6) is 0 Å². The summed E-state index contributed by atoms with van der Waals surface area (Å²) in [7, 11) is 0. The number of hydrogen-bond donors (Lipinski definition) is 1. The zero-order valence-corrected chi connectivity index (χ0v) is 12.1. The summed E-state index contributed by atoms with van der Waals surface area (Å²) in [6, 6.07) is 0.316. The fourth-order valence-electron chi connectivity index (χ4n) is 2.44. The second kappa shape index (κ2) is 7.43. The first kappa shape index (κ1) is 17.8. The third kappa shape index (κ3) is 3.66. The number of aromatic nitrogens is 2. The molecule has 18 heavy (non-hydrogen) atoms. The summed E-state index contributed by atoms with van der Waals surface area (Å²) in [6.07, 6.45) is 5.84. The number of hydrazine groups is 1. The summed E-state index contributed by atoms with van der Waals surface area (Å²) in [5.74, 6) is 0.814. The average Bonchev–Trinajstić information content (AvgIpc) is 2.59. The van der Waals surface area contributed by atoms with Crippen LogP contribution >= 0.6 is 36.4 Å². The van der Waals surface area contributed by atoms with Crippen LogP contribution in [0.15, 0.2) is 12.4 Å². The van der Waals surface area contributed by atoms with E-state index in [1.807, 2.05) is 0 Å². The van der Waals surface area contributed by atoms with Crippen molar-refractivity contribution in [2.24, 2.45) is 5.92 Å². The fraction of sp³-hybridized carbons (Fsp3) is 0.600. The number of halogens is 3. The van der Waals surface area contributed by atoms with Crippen LogP contribution in [0, 0.1) is 5.92 Å². The molecule has 3 atom stereocenters. The summed E-state index contributed by atoms with van der Waals surface area (Å²) >= 11 is 5.72. The van der Waals surface area contributed by atoms with Gasteiger partial charge in [-0.15, -0.1) is 24.8 Å². The van der Waals surface area contributed by atoms with E-state index in [4.69, 9.17) is 11.6 Å². The van der Waals surface area contributed by atoms with Crippen molar-refractivity contribution in [1.82, 2.24) is 20.4 Å². The molecular formula is C10H17Cl3N4O. The smallest absolute Gasteiger partial charge is 0.147 e.